The molecule has 1 aromatic heterocycles. The first kappa shape index (κ1) is 11.6. The van der Waals surface area contributed by atoms with Crippen LogP contribution in [-0.2, 0) is 6.61 Å². The van der Waals surface area contributed by atoms with Crippen LogP contribution < -0.4 is 4.74 Å². The van der Waals surface area contributed by atoms with E-state index < -0.39 is 0 Å². The predicted molar refractivity (Wildman–Crippen MR) is 65.4 cm³/mol. The molecule has 0 unspecified atom stereocenters. The van der Waals surface area contributed by atoms with E-state index in [4.69, 9.17) is 16.3 Å². The van der Waals surface area contributed by atoms with E-state index in [1.807, 2.05) is 24.3 Å². The van der Waals surface area contributed by atoms with E-state index in [0.717, 1.165) is 5.56 Å². The topological polar surface area (TPSA) is 39.2 Å². The number of pyridine rings is 1. The molecule has 0 aliphatic carbocycles. The van der Waals surface area contributed by atoms with Crippen molar-refractivity contribution in [3.05, 3.63) is 58.9 Å². The van der Waals surface area contributed by atoms with Crippen molar-refractivity contribution < 1.29 is 9.53 Å². The lowest BCUT2D eigenvalue weighted by Gasteiger charge is -2.05. The van der Waals surface area contributed by atoms with E-state index in [9.17, 15) is 4.79 Å². The van der Waals surface area contributed by atoms with Crippen LogP contribution in [0.3, 0.4) is 0 Å². The fourth-order valence-electron chi connectivity index (χ4n) is 1.29. The van der Waals surface area contributed by atoms with Gasteiger partial charge in [0, 0.05) is 5.02 Å². The van der Waals surface area contributed by atoms with E-state index in [1.165, 1.54) is 6.20 Å². The molecule has 1 heterocycles. The molecule has 0 saturated carbocycles. The van der Waals surface area contributed by atoms with E-state index in [-0.39, 0.29) is 0 Å². The standard InChI is InChI=1S/C13H10ClNO2/c14-11-3-1-10(2-4-11)9-17-13-6-5-12(8-16)15-7-13/h1-8H,9H2. The Balaban J connectivity index is 1.97. The van der Waals surface area contributed by atoms with Gasteiger partial charge in [0.15, 0.2) is 6.29 Å². The molecule has 0 spiro atoms. The maximum absolute atomic E-state index is 10.4. The third-order valence-electron chi connectivity index (χ3n) is 2.20. The fraction of sp³-hybridized carbons (Fsp3) is 0.0769. The second kappa shape index (κ2) is 5.46. The van der Waals surface area contributed by atoms with E-state index in [1.54, 1.807) is 12.1 Å². The Labute approximate surface area is 104 Å². The molecule has 0 aliphatic heterocycles. The third kappa shape index (κ3) is 3.29. The Hall–Kier alpha value is -1.87. The lowest BCUT2D eigenvalue weighted by atomic mass is 10.2. The Morgan fingerprint density at radius 2 is 1.94 bits per heavy atom. The van der Waals surface area contributed by atoms with Gasteiger partial charge in [-0.3, -0.25) is 4.79 Å². The number of nitrogens with zero attached hydrogens (tertiary/aromatic N) is 1. The highest BCUT2D eigenvalue weighted by Crippen LogP contribution is 2.13. The summed E-state index contributed by atoms with van der Waals surface area (Å²) in [5.41, 5.74) is 1.41. The van der Waals surface area contributed by atoms with Crippen molar-refractivity contribution in [2.24, 2.45) is 0 Å². The maximum Gasteiger partial charge on any atom is 0.168 e. The van der Waals surface area contributed by atoms with Crippen molar-refractivity contribution in [2.45, 2.75) is 6.61 Å². The van der Waals surface area contributed by atoms with Crippen LogP contribution in [0.5, 0.6) is 5.75 Å². The molecule has 0 atom stereocenters. The highest BCUT2D eigenvalue weighted by molar-refractivity contribution is 6.30. The van der Waals surface area contributed by atoms with Gasteiger partial charge in [-0.25, -0.2) is 4.98 Å². The Morgan fingerprint density at radius 3 is 2.53 bits per heavy atom. The minimum absolute atomic E-state index is 0.392. The molecular formula is C13H10ClNO2. The van der Waals surface area contributed by atoms with Crippen LogP contribution >= 0.6 is 11.6 Å². The molecule has 1 aromatic carbocycles. The molecule has 0 aliphatic rings. The van der Waals surface area contributed by atoms with Crippen molar-refractivity contribution >= 4 is 17.9 Å². The molecule has 2 rings (SSSR count). The molecule has 17 heavy (non-hydrogen) atoms. The van der Waals surface area contributed by atoms with E-state index in [2.05, 4.69) is 4.98 Å². The van der Waals surface area contributed by atoms with Crippen molar-refractivity contribution in [1.82, 2.24) is 4.98 Å². The predicted octanol–water partition coefficient (Wildman–Crippen LogP) is 3.13. The number of rotatable bonds is 4. The first-order chi connectivity index (χ1) is 8.28. The van der Waals surface area contributed by atoms with Crippen LogP contribution in [0.4, 0.5) is 0 Å². The van der Waals surface area contributed by atoms with Crippen molar-refractivity contribution in [1.29, 1.82) is 0 Å². The summed E-state index contributed by atoms with van der Waals surface area (Å²) in [6, 6.07) is 10.8. The smallest absolute Gasteiger partial charge is 0.168 e. The molecule has 4 heteroatoms. The first-order valence-electron chi connectivity index (χ1n) is 5.06. The molecule has 0 N–H and O–H groups in total. The van der Waals surface area contributed by atoms with Gasteiger partial charge < -0.3 is 4.74 Å². The average Bonchev–Trinajstić information content (AvgIpc) is 2.39. The second-order valence-corrected chi connectivity index (χ2v) is 3.89. The van der Waals surface area contributed by atoms with Crippen molar-refractivity contribution in [3.8, 4) is 5.75 Å². The summed E-state index contributed by atoms with van der Waals surface area (Å²) in [5.74, 6) is 0.630. The molecule has 2 aromatic rings. The van der Waals surface area contributed by atoms with Crippen LogP contribution in [0.2, 0.25) is 5.02 Å². The molecule has 0 saturated heterocycles. The van der Waals surface area contributed by atoms with Crippen LogP contribution in [-0.4, -0.2) is 11.3 Å². The SMILES string of the molecule is O=Cc1ccc(OCc2ccc(Cl)cc2)cn1. The van der Waals surface area contributed by atoms with Gasteiger partial charge in [-0.1, -0.05) is 23.7 Å². The number of ether oxygens (including phenoxy) is 1. The number of aldehydes is 1. The number of benzene rings is 1. The maximum atomic E-state index is 10.4. The van der Waals surface area contributed by atoms with Crippen LogP contribution in [0.1, 0.15) is 16.1 Å². The summed E-state index contributed by atoms with van der Waals surface area (Å²) in [6.07, 6.45) is 2.22. The minimum Gasteiger partial charge on any atom is -0.487 e. The van der Waals surface area contributed by atoms with Gasteiger partial charge in [-0.05, 0) is 29.8 Å². The summed E-state index contributed by atoms with van der Waals surface area (Å²) >= 11 is 5.78. The van der Waals surface area contributed by atoms with Crippen LogP contribution in [0, 0.1) is 0 Å². The van der Waals surface area contributed by atoms with E-state index in [0.29, 0.717) is 29.4 Å². The van der Waals surface area contributed by atoms with Gasteiger partial charge in [0.2, 0.25) is 0 Å². The summed E-state index contributed by atoms with van der Waals surface area (Å²) in [7, 11) is 0. The summed E-state index contributed by atoms with van der Waals surface area (Å²) in [5, 5.41) is 0.700. The van der Waals surface area contributed by atoms with Gasteiger partial charge in [-0.15, -0.1) is 0 Å². The second-order valence-electron chi connectivity index (χ2n) is 3.45. The van der Waals surface area contributed by atoms with Crippen LogP contribution in [0.15, 0.2) is 42.6 Å². The van der Waals surface area contributed by atoms with Gasteiger partial charge >= 0.3 is 0 Å². The normalized spacial score (nSPS) is 9.94. The fourth-order valence-corrected chi connectivity index (χ4v) is 1.42. The number of halogens is 1. The molecule has 86 valence electrons. The summed E-state index contributed by atoms with van der Waals surface area (Å²) in [6.45, 7) is 0.444. The van der Waals surface area contributed by atoms with E-state index >= 15 is 0 Å². The lowest BCUT2D eigenvalue weighted by Crippen LogP contribution is -1.96. The highest BCUT2D eigenvalue weighted by Gasteiger charge is 1.97. The number of carbonyl (C=O) groups excluding carboxylic acids is 1. The first-order valence-corrected chi connectivity index (χ1v) is 5.44. The van der Waals surface area contributed by atoms with Crippen molar-refractivity contribution in [3.63, 3.8) is 0 Å². The Morgan fingerprint density at radius 1 is 1.18 bits per heavy atom. The molecule has 0 radical (unpaired) electrons. The molecule has 3 nitrogen and oxygen atoms in total. The number of aromatic nitrogens is 1. The summed E-state index contributed by atoms with van der Waals surface area (Å²) < 4.78 is 5.51. The zero-order valence-corrected chi connectivity index (χ0v) is 9.72. The largest absolute Gasteiger partial charge is 0.487 e. The van der Waals surface area contributed by atoms with Gasteiger partial charge in [-0.2, -0.15) is 0 Å². The van der Waals surface area contributed by atoms with Crippen molar-refractivity contribution in [2.75, 3.05) is 0 Å². The van der Waals surface area contributed by atoms with Crippen LogP contribution in [0.25, 0.3) is 0 Å². The van der Waals surface area contributed by atoms with Gasteiger partial charge in [0.25, 0.3) is 0 Å². The average molecular weight is 248 g/mol. The third-order valence-corrected chi connectivity index (χ3v) is 2.45. The Kier molecular flexibility index (Phi) is 3.73. The molecule has 0 fully saturated rings. The minimum atomic E-state index is 0.392. The molecular weight excluding hydrogens is 238 g/mol. The highest BCUT2D eigenvalue weighted by atomic mass is 35.5. The monoisotopic (exact) mass is 247 g/mol. The number of hydrogen-bond acceptors (Lipinski definition) is 3. The van der Waals surface area contributed by atoms with Gasteiger partial charge in [0.1, 0.15) is 18.1 Å². The number of carbonyl (C=O) groups is 1. The molecule has 0 bridgehead atoms. The zero-order valence-electron chi connectivity index (χ0n) is 8.97. The zero-order chi connectivity index (χ0) is 12.1. The lowest BCUT2D eigenvalue weighted by molar-refractivity contribution is 0.111. The quantitative estimate of drug-likeness (QED) is 0.780. The number of hydrogen-bond donors (Lipinski definition) is 0. The molecule has 0 amide bonds. The van der Waals surface area contributed by atoms with Gasteiger partial charge in [0.05, 0.1) is 6.20 Å². The Bertz CT molecular complexity index is 494. The summed E-state index contributed by atoms with van der Waals surface area (Å²) in [4.78, 5) is 14.3.